The third kappa shape index (κ3) is 2.95. The number of furan rings is 1. The molecule has 0 unspecified atom stereocenters. The Bertz CT molecular complexity index is 959. The summed E-state index contributed by atoms with van der Waals surface area (Å²) in [7, 11) is 0. The van der Waals surface area contributed by atoms with Gasteiger partial charge in [0, 0.05) is 6.04 Å². The van der Waals surface area contributed by atoms with Gasteiger partial charge in [-0.3, -0.25) is 4.79 Å². The summed E-state index contributed by atoms with van der Waals surface area (Å²) < 4.78 is 6.92. The van der Waals surface area contributed by atoms with E-state index in [1.54, 1.807) is 17.2 Å². The first-order valence-corrected chi connectivity index (χ1v) is 9.55. The standard InChI is InChI=1S/C21H22N4O2/c1-13-2-6-17(7-3-13)25-20(16-8-9-27-12-16)23-19(24-25)21(26)22-18-11-14-4-5-15(18)10-14/h2-3,6-9,12,14-15,18H,4-5,10-11H2,1H3,(H,22,26)/t14-,15-,18+/m0/s1. The molecule has 1 amide bonds. The number of carbonyl (C=O) groups is 1. The number of aromatic nitrogens is 3. The maximum absolute atomic E-state index is 12.8. The van der Waals surface area contributed by atoms with Gasteiger partial charge < -0.3 is 9.73 Å². The predicted molar refractivity (Wildman–Crippen MR) is 101 cm³/mol. The van der Waals surface area contributed by atoms with Gasteiger partial charge in [-0.25, -0.2) is 9.67 Å². The Labute approximate surface area is 157 Å². The van der Waals surface area contributed by atoms with Crippen LogP contribution in [0.4, 0.5) is 0 Å². The second kappa shape index (κ2) is 6.37. The summed E-state index contributed by atoms with van der Waals surface area (Å²) in [5, 5.41) is 7.69. The Kier molecular flexibility index (Phi) is 3.85. The number of hydrogen-bond acceptors (Lipinski definition) is 4. The van der Waals surface area contributed by atoms with Gasteiger partial charge in [-0.2, -0.15) is 0 Å². The van der Waals surface area contributed by atoms with E-state index >= 15 is 0 Å². The molecule has 0 saturated heterocycles. The molecule has 2 saturated carbocycles. The first-order chi connectivity index (χ1) is 13.2. The zero-order valence-corrected chi connectivity index (χ0v) is 15.3. The van der Waals surface area contributed by atoms with Crippen molar-refractivity contribution in [3.8, 4) is 17.1 Å². The summed E-state index contributed by atoms with van der Waals surface area (Å²) >= 11 is 0. The molecule has 2 aromatic heterocycles. The van der Waals surface area contributed by atoms with Gasteiger partial charge in [0.25, 0.3) is 5.91 Å². The van der Waals surface area contributed by atoms with Crippen molar-refractivity contribution in [2.75, 3.05) is 0 Å². The van der Waals surface area contributed by atoms with Crippen LogP contribution in [-0.4, -0.2) is 26.7 Å². The summed E-state index contributed by atoms with van der Waals surface area (Å²) in [5.74, 6) is 2.01. The molecule has 3 atom stereocenters. The van der Waals surface area contributed by atoms with Gasteiger partial charge in [0.05, 0.1) is 17.5 Å². The minimum atomic E-state index is -0.192. The van der Waals surface area contributed by atoms with Crippen LogP contribution in [0.25, 0.3) is 17.1 Å². The van der Waals surface area contributed by atoms with Crippen LogP contribution < -0.4 is 5.32 Å². The molecular formula is C21H22N4O2. The predicted octanol–water partition coefficient (Wildman–Crippen LogP) is 3.75. The van der Waals surface area contributed by atoms with E-state index in [9.17, 15) is 4.79 Å². The summed E-state index contributed by atoms with van der Waals surface area (Å²) in [4.78, 5) is 17.4. The number of carbonyl (C=O) groups excluding carboxylic acids is 1. The van der Waals surface area contributed by atoms with Crippen molar-refractivity contribution < 1.29 is 9.21 Å². The molecule has 27 heavy (non-hydrogen) atoms. The molecule has 2 heterocycles. The summed E-state index contributed by atoms with van der Waals surface area (Å²) in [6.45, 7) is 2.04. The highest BCUT2D eigenvalue weighted by molar-refractivity contribution is 5.91. The Morgan fingerprint density at radius 1 is 1.19 bits per heavy atom. The van der Waals surface area contributed by atoms with Crippen molar-refractivity contribution in [3.05, 3.63) is 54.2 Å². The first-order valence-electron chi connectivity index (χ1n) is 9.55. The van der Waals surface area contributed by atoms with E-state index in [-0.39, 0.29) is 17.8 Å². The van der Waals surface area contributed by atoms with E-state index in [1.807, 2.05) is 37.3 Å². The van der Waals surface area contributed by atoms with Crippen LogP contribution in [0.3, 0.4) is 0 Å². The van der Waals surface area contributed by atoms with Crippen LogP contribution in [0.1, 0.15) is 41.9 Å². The summed E-state index contributed by atoms with van der Waals surface area (Å²) in [6, 6.07) is 10.1. The highest BCUT2D eigenvalue weighted by atomic mass is 16.3. The fraction of sp³-hybridized carbons (Fsp3) is 0.381. The van der Waals surface area contributed by atoms with Crippen molar-refractivity contribution >= 4 is 5.91 Å². The van der Waals surface area contributed by atoms with Crippen LogP contribution in [0.2, 0.25) is 0 Å². The van der Waals surface area contributed by atoms with E-state index in [0.29, 0.717) is 11.7 Å². The Hall–Kier alpha value is -2.89. The average Bonchev–Trinajstić information content (AvgIpc) is 3.44. The molecule has 1 N–H and O–H groups in total. The SMILES string of the molecule is Cc1ccc(-n2nc(C(=O)N[C@@H]3C[C@H]4CC[C@H]3C4)nc2-c2ccoc2)cc1. The number of nitrogens with zero attached hydrogens (tertiary/aromatic N) is 3. The average molecular weight is 362 g/mol. The number of aryl methyl sites for hydroxylation is 1. The molecule has 0 aliphatic heterocycles. The van der Waals surface area contributed by atoms with Crippen molar-refractivity contribution in [1.82, 2.24) is 20.1 Å². The van der Waals surface area contributed by atoms with E-state index in [0.717, 1.165) is 29.2 Å². The molecule has 5 rings (SSSR count). The molecule has 2 aliphatic rings. The van der Waals surface area contributed by atoms with Crippen LogP contribution in [0.15, 0.2) is 47.3 Å². The largest absolute Gasteiger partial charge is 0.472 e. The maximum Gasteiger partial charge on any atom is 0.291 e. The van der Waals surface area contributed by atoms with Crippen LogP contribution >= 0.6 is 0 Å². The number of amides is 1. The molecule has 2 bridgehead atoms. The van der Waals surface area contributed by atoms with Gasteiger partial charge in [-0.15, -0.1) is 5.10 Å². The van der Waals surface area contributed by atoms with E-state index in [4.69, 9.17) is 4.42 Å². The lowest BCUT2D eigenvalue weighted by atomic mass is 9.95. The Morgan fingerprint density at radius 3 is 2.70 bits per heavy atom. The van der Waals surface area contributed by atoms with Crippen molar-refractivity contribution in [3.63, 3.8) is 0 Å². The molecule has 2 fully saturated rings. The molecule has 2 aliphatic carbocycles. The highest BCUT2D eigenvalue weighted by Gasteiger charge is 2.40. The quantitative estimate of drug-likeness (QED) is 0.767. The Morgan fingerprint density at radius 2 is 2.04 bits per heavy atom. The maximum atomic E-state index is 12.8. The van der Waals surface area contributed by atoms with Gasteiger partial charge in [-0.05, 0) is 56.2 Å². The van der Waals surface area contributed by atoms with Gasteiger partial charge in [0.1, 0.15) is 6.26 Å². The molecule has 6 nitrogen and oxygen atoms in total. The second-order valence-electron chi connectivity index (χ2n) is 7.77. The van der Waals surface area contributed by atoms with Crippen LogP contribution in [0.5, 0.6) is 0 Å². The van der Waals surface area contributed by atoms with E-state index < -0.39 is 0 Å². The van der Waals surface area contributed by atoms with E-state index in [1.165, 1.54) is 19.3 Å². The summed E-state index contributed by atoms with van der Waals surface area (Å²) in [6.07, 6.45) is 8.08. The minimum absolute atomic E-state index is 0.192. The molecule has 6 heteroatoms. The van der Waals surface area contributed by atoms with Gasteiger partial charge >= 0.3 is 0 Å². The fourth-order valence-electron chi connectivity index (χ4n) is 4.51. The highest BCUT2D eigenvalue weighted by Crippen LogP contribution is 2.44. The molecule has 0 spiro atoms. The molecule has 0 radical (unpaired) electrons. The van der Waals surface area contributed by atoms with Crippen molar-refractivity contribution in [1.29, 1.82) is 0 Å². The van der Waals surface area contributed by atoms with Gasteiger partial charge in [-0.1, -0.05) is 24.1 Å². The zero-order chi connectivity index (χ0) is 18.4. The smallest absolute Gasteiger partial charge is 0.291 e. The molecular weight excluding hydrogens is 340 g/mol. The summed E-state index contributed by atoms with van der Waals surface area (Å²) in [5.41, 5.74) is 2.82. The molecule has 138 valence electrons. The first kappa shape index (κ1) is 16.3. The minimum Gasteiger partial charge on any atom is -0.472 e. The Balaban J connectivity index is 1.47. The lowest BCUT2D eigenvalue weighted by Gasteiger charge is -2.22. The normalized spacial score (nSPS) is 23.7. The number of benzene rings is 1. The number of nitrogens with one attached hydrogen (secondary N) is 1. The number of hydrogen-bond donors (Lipinski definition) is 1. The van der Waals surface area contributed by atoms with Gasteiger partial charge in [0.15, 0.2) is 5.82 Å². The topological polar surface area (TPSA) is 73.0 Å². The fourth-order valence-corrected chi connectivity index (χ4v) is 4.51. The van der Waals surface area contributed by atoms with Crippen LogP contribution in [0, 0.1) is 18.8 Å². The van der Waals surface area contributed by atoms with Crippen molar-refractivity contribution in [2.45, 2.75) is 38.6 Å². The number of rotatable bonds is 4. The zero-order valence-electron chi connectivity index (χ0n) is 15.3. The van der Waals surface area contributed by atoms with E-state index in [2.05, 4.69) is 15.4 Å². The third-order valence-electron chi connectivity index (χ3n) is 5.92. The molecule has 3 aromatic rings. The third-order valence-corrected chi connectivity index (χ3v) is 5.92. The molecule has 1 aromatic carbocycles. The van der Waals surface area contributed by atoms with Crippen molar-refractivity contribution in [2.24, 2.45) is 11.8 Å². The lowest BCUT2D eigenvalue weighted by molar-refractivity contribution is 0.0912. The monoisotopic (exact) mass is 362 g/mol. The lowest BCUT2D eigenvalue weighted by Crippen LogP contribution is -2.39. The van der Waals surface area contributed by atoms with Crippen LogP contribution in [-0.2, 0) is 0 Å². The van der Waals surface area contributed by atoms with Gasteiger partial charge in [0.2, 0.25) is 5.82 Å². The second-order valence-corrected chi connectivity index (χ2v) is 7.77. The number of fused-ring (bicyclic) bond motifs is 2.